The number of hydrogen-bond acceptors (Lipinski definition) is 5. The van der Waals surface area contributed by atoms with Crippen molar-refractivity contribution in [3.63, 3.8) is 0 Å². The van der Waals surface area contributed by atoms with Crippen LogP contribution in [0.1, 0.15) is 52.0 Å². The van der Waals surface area contributed by atoms with Gasteiger partial charge in [-0.1, -0.05) is 51.1 Å². The van der Waals surface area contributed by atoms with Gasteiger partial charge in [-0.2, -0.15) is 0 Å². The fourth-order valence-electron chi connectivity index (χ4n) is 3.34. The topological polar surface area (TPSA) is 108 Å². The number of amides is 3. The maximum absolute atomic E-state index is 12.9. The molecule has 0 aliphatic rings. The van der Waals surface area contributed by atoms with Gasteiger partial charge in [-0.25, -0.2) is 0 Å². The molecule has 0 saturated heterocycles. The summed E-state index contributed by atoms with van der Waals surface area (Å²) in [6.07, 6.45) is 2.28. The summed E-state index contributed by atoms with van der Waals surface area (Å²) >= 11 is 0. The highest BCUT2D eigenvalue weighted by Gasteiger charge is 2.29. The molecule has 2 atom stereocenters. The summed E-state index contributed by atoms with van der Waals surface area (Å²) in [6, 6.07) is 7.97. The van der Waals surface area contributed by atoms with Crippen LogP contribution in [-0.2, 0) is 25.6 Å². The molecule has 0 spiro atoms. The number of carbonyl (C=O) groups excluding carboxylic acids is 4. The molecular weight excluding hydrogens is 420 g/mol. The maximum atomic E-state index is 12.9. The van der Waals surface area contributed by atoms with Crippen LogP contribution in [0, 0.1) is 5.92 Å². The predicted octanol–water partition coefficient (Wildman–Crippen LogP) is 1.68. The van der Waals surface area contributed by atoms with Crippen molar-refractivity contribution < 1.29 is 19.2 Å². The smallest absolute Gasteiger partial charge is 0.289 e. The van der Waals surface area contributed by atoms with E-state index in [1.165, 1.54) is 0 Å². The number of benzene rings is 1. The number of nitrogens with one attached hydrogen (secondary N) is 3. The summed E-state index contributed by atoms with van der Waals surface area (Å²) in [4.78, 5) is 52.1. The Labute approximate surface area is 197 Å². The van der Waals surface area contributed by atoms with Crippen molar-refractivity contribution in [3.05, 3.63) is 35.9 Å². The largest absolute Gasteiger partial charge is 0.349 e. The zero-order valence-corrected chi connectivity index (χ0v) is 20.6. The molecule has 1 aromatic rings. The third-order valence-electron chi connectivity index (χ3n) is 5.18. The highest BCUT2D eigenvalue weighted by atomic mass is 16.2. The number of carbonyl (C=O) groups is 4. The molecule has 0 fully saturated rings. The van der Waals surface area contributed by atoms with Crippen LogP contribution in [0.3, 0.4) is 0 Å². The molecule has 0 radical (unpaired) electrons. The van der Waals surface area contributed by atoms with Gasteiger partial charge in [0.05, 0.1) is 6.04 Å². The molecule has 0 aliphatic carbocycles. The van der Waals surface area contributed by atoms with Gasteiger partial charge in [0.2, 0.25) is 17.6 Å². The minimum atomic E-state index is -0.928. The van der Waals surface area contributed by atoms with Gasteiger partial charge in [0.15, 0.2) is 0 Å². The summed E-state index contributed by atoms with van der Waals surface area (Å²) in [5.74, 6) is -1.89. The number of Topliss-reactive ketones (excluding diaryl/α,β-unsaturated/α-hetero) is 1. The highest BCUT2D eigenvalue weighted by molar-refractivity contribution is 6.38. The van der Waals surface area contributed by atoms with E-state index in [0.717, 1.165) is 18.5 Å². The first-order chi connectivity index (χ1) is 15.6. The second kappa shape index (κ2) is 15.2. The Hall–Kier alpha value is -2.74. The first kappa shape index (κ1) is 28.3. The van der Waals surface area contributed by atoms with Gasteiger partial charge in [0, 0.05) is 13.0 Å². The van der Waals surface area contributed by atoms with Crippen LogP contribution in [0.5, 0.6) is 0 Å². The maximum Gasteiger partial charge on any atom is 0.289 e. The predicted molar refractivity (Wildman–Crippen MR) is 130 cm³/mol. The zero-order valence-electron chi connectivity index (χ0n) is 20.6. The molecule has 1 aromatic carbocycles. The van der Waals surface area contributed by atoms with Crippen molar-refractivity contribution in [3.8, 4) is 0 Å². The van der Waals surface area contributed by atoms with Gasteiger partial charge in [-0.05, 0) is 57.8 Å². The Morgan fingerprint density at radius 2 is 1.64 bits per heavy atom. The second-order valence-corrected chi connectivity index (χ2v) is 8.98. The van der Waals surface area contributed by atoms with Gasteiger partial charge in [-0.3, -0.25) is 19.2 Å². The Balaban J connectivity index is 2.65. The average Bonchev–Trinajstić information content (AvgIpc) is 2.78. The standard InChI is InChI=1S/C25H40N4O4/c1-6-20(23(31)25(33)26-15-10-16-29(4)5)28-24(32)21(17-18(2)3)27-22(30)14-13-19-11-8-7-9-12-19/h7-9,11-12,18,20-21H,6,10,13-17H2,1-5H3,(H,26,33)(H,27,30)(H,28,32)/t20-,21-/m0/s1. The van der Waals surface area contributed by atoms with Crippen molar-refractivity contribution >= 4 is 23.5 Å². The first-order valence-electron chi connectivity index (χ1n) is 11.7. The van der Waals surface area contributed by atoms with Crippen LogP contribution >= 0.6 is 0 Å². The van der Waals surface area contributed by atoms with E-state index in [1.54, 1.807) is 6.92 Å². The van der Waals surface area contributed by atoms with Crippen LogP contribution < -0.4 is 16.0 Å². The lowest BCUT2D eigenvalue weighted by Crippen LogP contribution is -2.54. The van der Waals surface area contributed by atoms with Crippen LogP contribution in [0.15, 0.2) is 30.3 Å². The SMILES string of the molecule is CC[C@H](NC(=O)[C@H](CC(C)C)NC(=O)CCc1ccccc1)C(=O)C(=O)NCCCN(C)C. The molecule has 0 saturated carbocycles. The molecule has 0 heterocycles. The quantitative estimate of drug-likeness (QED) is 0.273. The monoisotopic (exact) mass is 460 g/mol. The lowest BCUT2D eigenvalue weighted by atomic mass is 10.0. The highest BCUT2D eigenvalue weighted by Crippen LogP contribution is 2.08. The molecule has 8 nitrogen and oxygen atoms in total. The normalized spacial score (nSPS) is 12.8. The Kier molecular flexibility index (Phi) is 13.0. The van der Waals surface area contributed by atoms with Gasteiger partial charge in [0.1, 0.15) is 6.04 Å². The Bertz CT molecular complexity index is 765. The minimum Gasteiger partial charge on any atom is -0.349 e. The molecule has 3 N–H and O–H groups in total. The van der Waals surface area contributed by atoms with Gasteiger partial charge in [0.25, 0.3) is 5.91 Å². The number of rotatable bonds is 15. The molecule has 3 amide bonds. The molecule has 0 aromatic heterocycles. The molecular formula is C25H40N4O4. The summed E-state index contributed by atoms with van der Waals surface area (Å²) in [7, 11) is 3.87. The van der Waals surface area contributed by atoms with Gasteiger partial charge < -0.3 is 20.9 Å². The van der Waals surface area contributed by atoms with E-state index in [2.05, 4.69) is 16.0 Å². The summed E-state index contributed by atoms with van der Waals surface area (Å²) in [6.45, 7) is 6.84. The van der Waals surface area contributed by atoms with Gasteiger partial charge in [-0.15, -0.1) is 0 Å². The first-order valence-corrected chi connectivity index (χ1v) is 11.7. The summed E-state index contributed by atoms with van der Waals surface area (Å²) in [5.41, 5.74) is 1.05. The van der Waals surface area contributed by atoms with E-state index in [1.807, 2.05) is 63.2 Å². The van der Waals surface area contributed by atoms with Crippen molar-refractivity contribution in [1.29, 1.82) is 0 Å². The van der Waals surface area contributed by atoms with E-state index in [9.17, 15) is 19.2 Å². The van der Waals surface area contributed by atoms with Crippen molar-refractivity contribution in [2.24, 2.45) is 5.92 Å². The second-order valence-electron chi connectivity index (χ2n) is 8.98. The number of hydrogen-bond donors (Lipinski definition) is 3. The minimum absolute atomic E-state index is 0.158. The molecule has 8 heteroatoms. The van der Waals surface area contributed by atoms with Crippen molar-refractivity contribution in [2.75, 3.05) is 27.2 Å². The van der Waals surface area contributed by atoms with Crippen molar-refractivity contribution in [1.82, 2.24) is 20.9 Å². The Morgan fingerprint density at radius 1 is 0.970 bits per heavy atom. The fraction of sp³-hybridized carbons (Fsp3) is 0.600. The van der Waals surface area contributed by atoms with Crippen molar-refractivity contribution in [2.45, 2.75) is 65.0 Å². The molecule has 1 rings (SSSR count). The average molecular weight is 461 g/mol. The van der Waals surface area contributed by atoms with E-state index in [4.69, 9.17) is 0 Å². The summed E-state index contributed by atoms with van der Waals surface area (Å²) in [5, 5.41) is 8.08. The molecule has 0 aliphatic heterocycles. The van der Waals surface area contributed by atoms with Crippen LogP contribution in [0.4, 0.5) is 0 Å². The lowest BCUT2D eigenvalue weighted by molar-refractivity contribution is -0.140. The van der Waals surface area contributed by atoms with E-state index >= 15 is 0 Å². The molecule has 33 heavy (non-hydrogen) atoms. The number of ketones is 1. The van der Waals surface area contributed by atoms with E-state index in [0.29, 0.717) is 19.4 Å². The number of nitrogens with zero attached hydrogens (tertiary/aromatic N) is 1. The zero-order chi connectivity index (χ0) is 24.8. The molecule has 0 bridgehead atoms. The molecule has 0 unspecified atom stereocenters. The lowest BCUT2D eigenvalue weighted by Gasteiger charge is -2.23. The van der Waals surface area contributed by atoms with Crippen LogP contribution in [0.25, 0.3) is 0 Å². The Morgan fingerprint density at radius 3 is 2.21 bits per heavy atom. The van der Waals surface area contributed by atoms with E-state index in [-0.39, 0.29) is 24.7 Å². The van der Waals surface area contributed by atoms with Crippen LogP contribution in [-0.4, -0.2) is 67.7 Å². The summed E-state index contributed by atoms with van der Waals surface area (Å²) < 4.78 is 0. The third-order valence-corrected chi connectivity index (χ3v) is 5.18. The van der Waals surface area contributed by atoms with E-state index < -0.39 is 29.7 Å². The number of aryl methyl sites for hydroxylation is 1. The molecule has 184 valence electrons. The third kappa shape index (κ3) is 11.6. The van der Waals surface area contributed by atoms with Crippen LogP contribution in [0.2, 0.25) is 0 Å². The van der Waals surface area contributed by atoms with Gasteiger partial charge >= 0.3 is 0 Å². The fourth-order valence-corrected chi connectivity index (χ4v) is 3.34.